The molecule has 6 nitrogen and oxygen atoms in total. The van der Waals surface area contributed by atoms with Crippen molar-refractivity contribution in [1.29, 1.82) is 0 Å². The number of rotatable bonds is 4. The highest BCUT2D eigenvalue weighted by Crippen LogP contribution is 2.24. The van der Waals surface area contributed by atoms with Crippen molar-refractivity contribution in [2.75, 3.05) is 6.54 Å². The summed E-state index contributed by atoms with van der Waals surface area (Å²) in [4.78, 5) is 3.81. The molecule has 0 bridgehead atoms. The summed E-state index contributed by atoms with van der Waals surface area (Å²) in [5.74, 6) is 0.225. The van der Waals surface area contributed by atoms with Gasteiger partial charge in [0.1, 0.15) is 0 Å². The van der Waals surface area contributed by atoms with Gasteiger partial charge in [0.15, 0.2) is 5.03 Å². The molecule has 17 heavy (non-hydrogen) atoms. The largest absolute Gasteiger partial charge is 0.393 e. The number of hydrogen-bond acceptors (Lipinski definition) is 4. The van der Waals surface area contributed by atoms with Gasteiger partial charge in [-0.1, -0.05) is 0 Å². The van der Waals surface area contributed by atoms with Crippen LogP contribution in [0.15, 0.2) is 17.6 Å². The summed E-state index contributed by atoms with van der Waals surface area (Å²) in [6.07, 6.45) is 4.94. The Labute approximate surface area is 101 Å². The Morgan fingerprint density at radius 2 is 2.35 bits per heavy atom. The SMILES string of the molecule is Cn1cnc(S(=O)(=O)NCC2CCC(O)C2)c1. The van der Waals surface area contributed by atoms with Gasteiger partial charge in [-0.2, -0.15) is 0 Å². The van der Waals surface area contributed by atoms with Crippen molar-refractivity contribution >= 4 is 10.0 Å². The van der Waals surface area contributed by atoms with E-state index in [0.29, 0.717) is 13.0 Å². The smallest absolute Gasteiger partial charge is 0.259 e. The molecular formula is C10H17N3O3S. The number of imidazole rings is 1. The first-order valence-electron chi connectivity index (χ1n) is 5.63. The van der Waals surface area contributed by atoms with Crippen molar-refractivity contribution in [3.8, 4) is 0 Å². The van der Waals surface area contributed by atoms with Crippen LogP contribution in [-0.2, 0) is 17.1 Å². The number of nitrogens with zero attached hydrogens (tertiary/aromatic N) is 2. The van der Waals surface area contributed by atoms with Crippen molar-refractivity contribution in [2.45, 2.75) is 30.4 Å². The van der Waals surface area contributed by atoms with Crippen LogP contribution in [0.4, 0.5) is 0 Å². The van der Waals surface area contributed by atoms with Gasteiger partial charge in [0.25, 0.3) is 10.0 Å². The van der Waals surface area contributed by atoms with Crippen LogP contribution in [0.2, 0.25) is 0 Å². The van der Waals surface area contributed by atoms with Crippen LogP contribution in [0.1, 0.15) is 19.3 Å². The normalized spacial score (nSPS) is 25.3. The number of aliphatic hydroxyl groups is 1. The van der Waals surface area contributed by atoms with Gasteiger partial charge >= 0.3 is 0 Å². The van der Waals surface area contributed by atoms with E-state index < -0.39 is 10.0 Å². The van der Waals surface area contributed by atoms with Crippen LogP contribution in [-0.4, -0.2) is 35.7 Å². The Kier molecular flexibility index (Phi) is 3.50. The van der Waals surface area contributed by atoms with Crippen LogP contribution in [0.5, 0.6) is 0 Å². The van der Waals surface area contributed by atoms with Gasteiger partial charge in [-0.3, -0.25) is 0 Å². The highest BCUT2D eigenvalue weighted by atomic mass is 32.2. The van der Waals surface area contributed by atoms with Gasteiger partial charge in [-0.25, -0.2) is 18.1 Å². The molecule has 1 aromatic heterocycles. The van der Waals surface area contributed by atoms with E-state index in [1.165, 1.54) is 12.5 Å². The van der Waals surface area contributed by atoms with Crippen LogP contribution < -0.4 is 4.72 Å². The average molecular weight is 259 g/mol. The van der Waals surface area contributed by atoms with Gasteiger partial charge < -0.3 is 9.67 Å². The summed E-state index contributed by atoms with van der Waals surface area (Å²) in [6.45, 7) is 0.371. The minimum Gasteiger partial charge on any atom is -0.393 e. The van der Waals surface area contributed by atoms with Crippen molar-refractivity contribution in [2.24, 2.45) is 13.0 Å². The predicted octanol–water partition coefficient (Wildman–Crippen LogP) is -0.141. The molecule has 0 aliphatic heterocycles. The maximum atomic E-state index is 11.8. The maximum Gasteiger partial charge on any atom is 0.259 e. The Morgan fingerprint density at radius 1 is 1.59 bits per heavy atom. The van der Waals surface area contributed by atoms with E-state index in [1.54, 1.807) is 11.6 Å². The zero-order chi connectivity index (χ0) is 12.5. The molecule has 0 radical (unpaired) electrons. The summed E-state index contributed by atoms with van der Waals surface area (Å²) in [6, 6.07) is 0. The Morgan fingerprint density at radius 3 is 2.88 bits per heavy atom. The zero-order valence-electron chi connectivity index (χ0n) is 9.70. The van der Waals surface area contributed by atoms with Crippen LogP contribution in [0, 0.1) is 5.92 Å². The summed E-state index contributed by atoms with van der Waals surface area (Å²) in [5, 5.41) is 9.40. The lowest BCUT2D eigenvalue weighted by molar-refractivity contribution is 0.178. The maximum absolute atomic E-state index is 11.8. The number of aromatic nitrogens is 2. The van der Waals surface area contributed by atoms with Gasteiger partial charge in [0.2, 0.25) is 0 Å². The van der Waals surface area contributed by atoms with E-state index in [2.05, 4.69) is 9.71 Å². The molecule has 1 heterocycles. The van der Waals surface area contributed by atoms with Gasteiger partial charge in [0, 0.05) is 19.8 Å². The van der Waals surface area contributed by atoms with Crippen LogP contribution in [0.3, 0.4) is 0 Å². The number of sulfonamides is 1. The molecule has 1 fully saturated rings. The van der Waals surface area contributed by atoms with E-state index in [9.17, 15) is 13.5 Å². The second-order valence-electron chi connectivity index (χ2n) is 4.56. The fourth-order valence-electron chi connectivity index (χ4n) is 2.06. The lowest BCUT2D eigenvalue weighted by Crippen LogP contribution is -2.29. The van der Waals surface area contributed by atoms with Gasteiger partial charge in [0.05, 0.1) is 12.4 Å². The summed E-state index contributed by atoms with van der Waals surface area (Å²) < 4.78 is 27.8. The zero-order valence-corrected chi connectivity index (χ0v) is 10.5. The van der Waals surface area contributed by atoms with Gasteiger partial charge in [-0.15, -0.1) is 0 Å². The fourth-order valence-corrected chi connectivity index (χ4v) is 3.16. The van der Waals surface area contributed by atoms with Crippen molar-refractivity contribution in [1.82, 2.24) is 14.3 Å². The first-order valence-corrected chi connectivity index (χ1v) is 7.11. The molecule has 1 aliphatic rings. The highest BCUT2D eigenvalue weighted by molar-refractivity contribution is 7.89. The lowest BCUT2D eigenvalue weighted by atomic mass is 10.1. The molecule has 1 saturated carbocycles. The molecule has 96 valence electrons. The van der Waals surface area contributed by atoms with E-state index in [0.717, 1.165) is 12.8 Å². The number of aryl methyl sites for hydroxylation is 1. The highest BCUT2D eigenvalue weighted by Gasteiger charge is 2.25. The first-order chi connectivity index (χ1) is 7.97. The molecule has 2 N–H and O–H groups in total. The monoisotopic (exact) mass is 259 g/mol. The standard InChI is InChI=1S/C10H17N3O3S/c1-13-6-10(11-7-13)17(15,16)12-5-8-2-3-9(14)4-8/h6-9,12,14H,2-5H2,1H3. The van der Waals surface area contributed by atoms with Crippen LogP contribution in [0.25, 0.3) is 0 Å². The molecular weight excluding hydrogens is 242 g/mol. The number of hydrogen-bond donors (Lipinski definition) is 2. The minimum atomic E-state index is -3.51. The molecule has 0 aromatic carbocycles. The molecule has 1 aliphatic carbocycles. The van der Waals surface area contributed by atoms with Gasteiger partial charge in [-0.05, 0) is 25.2 Å². The Bertz CT molecular complexity index is 483. The second-order valence-corrected chi connectivity index (χ2v) is 6.28. The molecule has 0 amide bonds. The summed E-state index contributed by atoms with van der Waals surface area (Å²) in [7, 11) is -1.79. The minimum absolute atomic E-state index is 0.0403. The average Bonchev–Trinajstić information content (AvgIpc) is 2.85. The van der Waals surface area contributed by atoms with E-state index in [-0.39, 0.29) is 17.0 Å². The molecule has 2 rings (SSSR count). The molecule has 0 saturated heterocycles. The first kappa shape index (κ1) is 12.5. The number of nitrogens with one attached hydrogen (secondary N) is 1. The third-order valence-corrected chi connectivity index (χ3v) is 4.34. The third kappa shape index (κ3) is 3.05. The van der Waals surface area contributed by atoms with Crippen molar-refractivity contribution in [3.05, 3.63) is 12.5 Å². The summed E-state index contributed by atoms with van der Waals surface area (Å²) in [5.41, 5.74) is 0. The fraction of sp³-hybridized carbons (Fsp3) is 0.700. The van der Waals surface area contributed by atoms with E-state index in [4.69, 9.17) is 0 Å². The molecule has 1 aromatic rings. The van der Waals surface area contributed by atoms with E-state index >= 15 is 0 Å². The van der Waals surface area contributed by atoms with Crippen LogP contribution >= 0.6 is 0 Å². The second kappa shape index (κ2) is 4.75. The number of aliphatic hydroxyl groups excluding tert-OH is 1. The predicted molar refractivity (Wildman–Crippen MR) is 61.7 cm³/mol. The molecule has 2 atom stereocenters. The van der Waals surface area contributed by atoms with Crippen molar-refractivity contribution < 1.29 is 13.5 Å². The molecule has 2 unspecified atom stereocenters. The Hall–Kier alpha value is -0.920. The third-order valence-electron chi connectivity index (χ3n) is 3.03. The summed E-state index contributed by atoms with van der Waals surface area (Å²) >= 11 is 0. The van der Waals surface area contributed by atoms with Crippen molar-refractivity contribution in [3.63, 3.8) is 0 Å². The topological polar surface area (TPSA) is 84.2 Å². The molecule has 7 heteroatoms. The quantitative estimate of drug-likeness (QED) is 0.788. The van der Waals surface area contributed by atoms with E-state index in [1.807, 2.05) is 0 Å². The lowest BCUT2D eigenvalue weighted by Gasteiger charge is -2.09. The Balaban J connectivity index is 1.94. The molecule has 0 spiro atoms.